The van der Waals surface area contributed by atoms with Crippen molar-refractivity contribution in [2.75, 3.05) is 81.4 Å². The molecule has 82 heavy (non-hydrogen) atoms. The summed E-state index contributed by atoms with van der Waals surface area (Å²) < 4.78 is 34.9. The minimum atomic E-state index is -1.49. The molecule has 0 saturated carbocycles. The van der Waals surface area contributed by atoms with Gasteiger partial charge < -0.3 is 58.2 Å². The molecule has 21 heteroatoms. The van der Waals surface area contributed by atoms with E-state index in [4.69, 9.17) is 28.4 Å². The van der Waals surface area contributed by atoms with Gasteiger partial charge in [-0.15, -0.1) is 0 Å². The van der Waals surface area contributed by atoms with Gasteiger partial charge in [0.25, 0.3) is 11.8 Å². The van der Waals surface area contributed by atoms with Crippen LogP contribution in [0.2, 0.25) is 0 Å². The normalized spacial score (nSPS) is 23.0. The van der Waals surface area contributed by atoms with Crippen LogP contribution < -0.4 is 19.5 Å². The number of rotatable bonds is 8. The number of amides is 6. The van der Waals surface area contributed by atoms with Crippen molar-refractivity contribution < 1.29 is 71.6 Å². The fraction of sp³-hybridized carbons (Fsp3) is 0.525. The van der Waals surface area contributed by atoms with Crippen molar-refractivity contribution in [1.29, 1.82) is 0 Å². The van der Waals surface area contributed by atoms with E-state index in [2.05, 4.69) is 5.32 Å². The third-order valence-corrected chi connectivity index (χ3v) is 14.8. The molecule has 0 aliphatic carbocycles. The van der Waals surface area contributed by atoms with Crippen molar-refractivity contribution in [2.45, 2.75) is 122 Å². The molecular weight excluding hydrogens is 1060 g/mol. The van der Waals surface area contributed by atoms with Crippen molar-refractivity contribution in [3.05, 3.63) is 102 Å². The topological polar surface area (TPSA) is 237 Å². The zero-order valence-electron chi connectivity index (χ0n) is 48.9. The Hall–Kier alpha value is -7.81. The highest BCUT2D eigenvalue weighted by atomic mass is 16.5. The highest BCUT2D eigenvalue weighted by molar-refractivity contribution is 6.38. The number of fused-ring (bicyclic) bond motifs is 4. The lowest BCUT2D eigenvalue weighted by Gasteiger charge is -2.36. The highest BCUT2D eigenvalue weighted by Gasteiger charge is 2.44. The maximum atomic E-state index is 14.8. The molecule has 0 aromatic heterocycles. The third kappa shape index (κ3) is 16.9. The second kappa shape index (κ2) is 28.7. The predicted molar refractivity (Wildman–Crippen MR) is 301 cm³/mol. The van der Waals surface area contributed by atoms with Gasteiger partial charge in [0.05, 0.1) is 38.4 Å². The van der Waals surface area contributed by atoms with E-state index < -0.39 is 108 Å². The third-order valence-electron chi connectivity index (χ3n) is 14.8. The van der Waals surface area contributed by atoms with Crippen LogP contribution in [0.3, 0.4) is 0 Å². The van der Waals surface area contributed by atoms with Gasteiger partial charge >= 0.3 is 11.9 Å². The van der Waals surface area contributed by atoms with Gasteiger partial charge in [-0.05, 0) is 127 Å². The van der Waals surface area contributed by atoms with Crippen molar-refractivity contribution in [2.24, 2.45) is 5.41 Å². The lowest BCUT2D eigenvalue weighted by Crippen LogP contribution is -2.57. The highest BCUT2D eigenvalue weighted by Crippen LogP contribution is 2.33. The van der Waals surface area contributed by atoms with Crippen molar-refractivity contribution in [3.63, 3.8) is 0 Å². The molecule has 3 aromatic carbocycles. The second-order valence-electron chi connectivity index (χ2n) is 22.5. The van der Waals surface area contributed by atoms with Crippen LogP contribution in [0, 0.1) is 5.41 Å². The largest absolute Gasteiger partial charge is 0.493 e. The molecule has 5 atom stereocenters. The first-order valence-electron chi connectivity index (χ1n) is 27.8. The van der Waals surface area contributed by atoms with Crippen LogP contribution in [0.5, 0.6) is 17.2 Å². The first kappa shape index (κ1) is 63.4. The Labute approximate surface area is 480 Å². The van der Waals surface area contributed by atoms with Gasteiger partial charge in [-0.2, -0.15) is 0 Å². The number of carbonyl (C=O) groups is 9. The Morgan fingerprint density at radius 1 is 0.707 bits per heavy atom. The van der Waals surface area contributed by atoms with E-state index in [1.807, 2.05) is 32.9 Å². The molecule has 3 aliphatic rings. The molecule has 3 aromatic rings. The number of nitrogens with zero attached hydrogens (tertiary/aromatic N) is 5. The lowest BCUT2D eigenvalue weighted by molar-refractivity contribution is -0.165. The average molecular weight is 1140 g/mol. The minimum absolute atomic E-state index is 0.106. The van der Waals surface area contributed by atoms with Crippen LogP contribution in [0.15, 0.2) is 84.9 Å². The van der Waals surface area contributed by atoms with Gasteiger partial charge in [-0.25, -0.2) is 9.59 Å². The molecule has 6 rings (SSSR count). The van der Waals surface area contributed by atoms with Gasteiger partial charge in [0.1, 0.15) is 42.6 Å². The average Bonchev–Trinajstić information content (AvgIpc) is 4.09. The molecule has 0 spiro atoms. The summed E-state index contributed by atoms with van der Waals surface area (Å²) in [6, 6.07) is 16.0. The molecule has 3 heterocycles. The maximum Gasteiger partial charge on any atom is 0.330 e. The van der Waals surface area contributed by atoms with Crippen molar-refractivity contribution in [3.8, 4) is 17.2 Å². The number of esters is 2. The van der Waals surface area contributed by atoms with Crippen LogP contribution in [-0.4, -0.2) is 183 Å². The van der Waals surface area contributed by atoms with E-state index in [9.17, 15) is 43.2 Å². The first-order chi connectivity index (χ1) is 38.9. The molecule has 1 unspecified atom stereocenters. The monoisotopic (exact) mass is 1140 g/mol. The van der Waals surface area contributed by atoms with E-state index in [1.54, 1.807) is 67.7 Å². The summed E-state index contributed by atoms with van der Waals surface area (Å²) in [5, 5.41) is 2.78. The van der Waals surface area contributed by atoms with Crippen LogP contribution in [-0.2, 0) is 63.8 Å². The zero-order valence-corrected chi connectivity index (χ0v) is 48.9. The molecule has 6 amide bonds. The molecule has 2 fully saturated rings. The molecule has 0 radical (unpaired) electrons. The summed E-state index contributed by atoms with van der Waals surface area (Å²) in [5.41, 5.74) is -0.480. The summed E-state index contributed by atoms with van der Waals surface area (Å²) in [6.07, 6.45) is 4.81. The lowest BCUT2D eigenvalue weighted by atomic mass is 9.87. The van der Waals surface area contributed by atoms with Gasteiger partial charge in [-0.3, -0.25) is 33.6 Å². The number of piperidine rings is 1. The van der Waals surface area contributed by atoms with E-state index in [0.717, 1.165) is 10.5 Å². The Bertz CT molecular complexity index is 2810. The minimum Gasteiger partial charge on any atom is -0.493 e. The molecule has 1 N–H and O–H groups in total. The number of methoxy groups -OCH3 is 2. The Morgan fingerprint density at radius 2 is 1.40 bits per heavy atom. The van der Waals surface area contributed by atoms with Crippen LogP contribution in [0.4, 0.5) is 0 Å². The number of ketones is 1. The van der Waals surface area contributed by atoms with E-state index in [0.29, 0.717) is 54.7 Å². The van der Waals surface area contributed by atoms with Crippen LogP contribution >= 0.6 is 0 Å². The van der Waals surface area contributed by atoms with Gasteiger partial charge in [0.2, 0.25) is 29.4 Å². The number of cyclic esters (lactones) is 2. The molecule has 21 nitrogen and oxygen atoms in total. The number of benzene rings is 3. The number of ether oxygens (including phenoxy) is 6. The van der Waals surface area contributed by atoms with E-state index >= 15 is 0 Å². The standard InChI is InChI=1S/C61H80N6O15/c1-60(2,3)81-37-46-56(73)66-33-19-25-44(66)55(72)63(6)31-16-15-26-52(70)80-39-61(4,5)54(71)58(75)67-32-17-14-24-45(67)59(76)82-47(29-27-40-28-30-48(77-9)49(34-40)78-10)42-22-18-23-43(35-42)79-38-51(69)64(7)36-50(68)62-53(57(74)65(46)8)41-20-12-11-13-21-41/h11-13,15,18,20-23,26,28,30,34-35,44-47,53H,14,16-17,19,24-25,27,29,31-33,36-39H2,1-10H3,(H,62,68)/t44-,45-,46-,47+,53?/m0/s1. The number of Topliss-reactive ketones (excluding diaryl/α,β-unsaturated/α-hetero) is 1. The number of likely N-dealkylation sites (N-methyl/N-ethyl adjacent to an activating group) is 3. The van der Waals surface area contributed by atoms with Crippen molar-refractivity contribution >= 4 is 53.2 Å². The maximum absolute atomic E-state index is 14.8. The van der Waals surface area contributed by atoms with E-state index in [-0.39, 0.29) is 57.2 Å². The number of aryl methyl sites for hydroxylation is 1. The Kier molecular flexibility index (Phi) is 22.2. The van der Waals surface area contributed by atoms with Crippen molar-refractivity contribution in [1.82, 2.24) is 29.8 Å². The molecule has 2 saturated heterocycles. The SMILES string of the molecule is COc1ccc(CC[C@H]2OC(=O)[C@@H]3CCCCN3C(=O)C(=O)C(C)(C)COC(=O)C=CCCN(C)C(=O)[C@@H]3CCCN3C(=O)[C@H](COC(C)(C)C)N(C)C(=O)C(c3ccccc3)NC(=O)CN(C)C(=O)COc3cccc2c3)cc1OC. The number of nitrogens with one attached hydrogen (secondary N) is 1. The van der Waals surface area contributed by atoms with E-state index in [1.165, 1.54) is 73.9 Å². The fourth-order valence-corrected chi connectivity index (χ4v) is 9.88. The van der Waals surface area contributed by atoms with Crippen LogP contribution in [0.1, 0.15) is 108 Å². The first-order valence-corrected chi connectivity index (χ1v) is 27.8. The Morgan fingerprint density at radius 3 is 2.11 bits per heavy atom. The number of hydrogen-bond acceptors (Lipinski definition) is 15. The van der Waals surface area contributed by atoms with Gasteiger partial charge in [0, 0.05) is 46.9 Å². The number of carbonyl (C=O) groups excluding carboxylic acids is 9. The molecule has 444 valence electrons. The predicted octanol–water partition coefficient (Wildman–Crippen LogP) is 5.19. The summed E-state index contributed by atoms with van der Waals surface area (Å²) in [7, 11) is 7.49. The summed E-state index contributed by atoms with van der Waals surface area (Å²) in [6.45, 7) is 7.19. The molecule has 2 bridgehead atoms. The summed E-state index contributed by atoms with van der Waals surface area (Å²) in [5.74, 6) is -4.84. The Balaban J connectivity index is 1.30. The summed E-state index contributed by atoms with van der Waals surface area (Å²) >= 11 is 0. The quantitative estimate of drug-likeness (QED) is 0.226. The molecular formula is C61H80N6O15. The summed E-state index contributed by atoms with van der Waals surface area (Å²) in [4.78, 5) is 133. The number of hydrogen-bond donors (Lipinski definition) is 1. The second-order valence-corrected chi connectivity index (χ2v) is 22.5. The zero-order chi connectivity index (χ0) is 59.9. The van der Waals surface area contributed by atoms with Crippen LogP contribution in [0.25, 0.3) is 0 Å². The fourth-order valence-electron chi connectivity index (χ4n) is 9.88. The molecule has 3 aliphatic heterocycles. The smallest absolute Gasteiger partial charge is 0.330 e. The van der Waals surface area contributed by atoms with Gasteiger partial charge in [-0.1, -0.05) is 54.6 Å². The van der Waals surface area contributed by atoms with Gasteiger partial charge in [0.15, 0.2) is 18.1 Å².